The third-order valence-corrected chi connectivity index (χ3v) is 3.40. The number of rotatable bonds is 3. The van der Waals surface area contributed by atoms with Crippen molar-refractivity contribution < 1.29 is 5.11 Å². The average molecular weight is 241 g/mol. The van der Waals surface area contributed by atoms with Crippen molar-refractivity contribution >= 4 is 0 Å². The minimum atomic E-state index is -0.879. The Kier molecular flexibility index (Phi) is 3.48. The van der Waals surface area contributed by atoms with Crippen LogP contribution in [0.1, 0.15) is 29.2 Å². The van der Waals surface area contributed by atoms with E-state index in [4.69, 9.17) is 0 Å². The van der Waals surface area contributed by atoms with Gasteiger partial charge in [-0.05, 0) is 43.5 Å². The van der Waals surface area contributed by atoms with Crippen molar-refractivity contribution in [1.82, 2.24) is 4.98 Å². The highest BCUT2D eigenvalue weighted by molar-refractivity contribution is 5.32. The molecule has 0 radical (unpaired) electrons. The van der Waals surface area contributed by atoms with Crippen molar-refractivity contribution in [3.05, 3.63) is 65.0 Å². The minimum Gasteiger partial charge on any atom is -0.385 e. The van der Waals surface area contributed by atoms with Crippen LogP contribution in [0.15, 0.2) is 42.7 Å². The van der Waals surface area contributed by atoms with Gasteiger partial charge in [0.1, 0.15) is 0 Å². The van der Waals surface area contributed by atoms with Crippen LogP contribution in [0.25, 0.3) is 0 Å². The molecule has 94 valence electrons. The highest BCUT2D eigenvalue weighted by Crippen LogP contribution is 2.25. The van der Waals surface area contributed by atoms with Crippen molar-refractivity contribution in [2.24, 2.45) is 0 Å². The summed E-state index contributed by atoms with van der Waals surface area (Å²) in [4.78, 5) is 4.06. The zero-order chi connectivity index (χ0) is 13.2. The van der Waals surface area contributed by atoms with Crippen LogP contribution < -0.4 is 0 Å². The molecule has 2 rings (SSSR count). The number of hydrogen-bond donors (Lipinski definition) is 1. The first-order valence-electron chi connectivity index (χ1n) is 6.18. The van der Waals surface area contributed by atoms with E-state index in [1.165, 1.54) is 11.1 Å². The molecule has 18 heavy (non-hydrogen) atoms. The Balaban J connectivity index is 2.25. The van der Waals surface area contributed by atoms with Gasteiger partial charge in [0.15, 0.2) is 0 Å². The lowest BCUT2D eigenvalue weighted by Crippen LogP contribution is -2.24. The predicted octanol–water partition coefficient (Wildman–Crippen LogP) is 3.15. The van der Waals surface area contributed by atoms with Crippen LogP contribution >= 0.6 is 0 Å². The Morgan fingerprint density at radius 2 is 1.94 bits per heavy atom. The summed E-state index contributed by atoms with van der Waals surface area (Å²) < 4.78 is 0. The maximum absolute atomic E-state index is 10.6. The fraction of sp³-hybridized carbons (Fsp3) is 0.312. The van der Waals surface area contributed by atoms with Crippen LogP contribution in [-0.4, -0.2) is 10.1 Å². The van der Waals surface area contributed by atoms with E-state index in [2.05, 4.69) is 37.0 Å². The Hall–Kier alpha value is -1.67. The highest BCUT2D eigenvalue weighted by atomic mass is 16.3. The summed E-state index contributed by atoms with van der Waals surface area (Å²) in [6.45, 7) is 6.02. The van der Waals surface area contributed by atoms with Crippen molar-refractivity contribution in [1.29, 1.82) is 0 Å². The molecule has 1 aromatic carbocycles. The topological polar surface area (TPSA) is 33.1 Å². The molecule has 1 unspecified atom stereocenters. The molecule has 0 fully saturated rings. The van der Waals surface area contributed by atoms with Gasteiger partial charge in [-0.1, -0.05) is 24.3 Å². The molecule has 0 saturated carbocycles. The smallest absolute Gasteiger partial charge is 0.0923 e. The Labute approximate surface area is 108 Å². The van der Waals surface area contributed by atoms with Gasteiger partial charge in [-0.15, -0.1) is 0 Å². The van der Waals surface area contributed by atoms with E-state index in [-0.39, 0.29) is 0 Å². The molecule has 2 heteroatoms. The maximum atomic E-state index is 10.6. The molecule has 1 atom stereocenters. The summed E-state index contributed by atoms with van der Waals surface area (Å²) in [5.41, 5.74) is 3.65. The van der Waals surface area contributed by atoms with Crippen LogP contribution in [0, 0.1) is 13.8 Å². The number of aliphatic hydroxyl groups is 1. The van der Waals surface area contributed by atoms with Gasteiger partial charge in [0.25, 0.3) is 0 Å². The lowest BCUT2D eigenvalue weighted by molar-refractivity contribution is 0.0572. The number of benzene rings is 1. The van der Waals surface area contributed by atoms with E-state index in [9.17, 15) is 5.11 Å². The molecule has 0 amide bonds. The van der Waals surface area contributed by atoms with E-state index in [1.807, 2.05) is 19.1 Å². The lowest BCUT2D eigenvalue weighted by atomic mass is 9.89. The number of hydrogen-bond acceptors (Lipinski definition) is 2. The van der Waals surface area contributed by atoms with E-state index in [0.717, 1.165) is 11.1 Å². The fourth-order valence-electron chi connectivity index (χ4n) is 2.09. The predicted molar refractivity (Wildman–Crippen MR) is 73.4 cm³/mol. The molecular weight excluding hydrogens is 222 g/mol. The van der Waals surface area contributed by atoms with Gasteiger partial charge in [0, 0.05) is 24.4 Å². The summed E-state index contributed by atoms with van der Waals surface area (Å²) in [6.07, 6.45) is 4.04. The van der Waals surface area contributed by atoms with Crippen molar-refractivity contribution in [2.45, 2.75) is 32.8 Å². The maximum Gasteiger partial charge on any atom is 0.0923 e. The molecule has 0 aliphatic carbocycles. The second-order valence-electron chi connectivity index (χ2n) is 5.11. The molecule has 0 bridgehead atoms. The average Bonchev–Trinajstić information content (AvgIpc) is 2.35. The number of pyridine rings is 1. The Bertz CT molecular complexity index is 532. The number of nitrogens with zero attached hydrogens (tertiary/aromatic N) is 1. The molecule has 0 spiro atoms. The zero-order valence-electron chi connectivity index (χ0n) is 11.1. The van der Waals surface area contributed by atoms with Crippen LogP contribution in [-0.2, 0) is 12.0 Å². The summed E-state index contributed by atoms with van der Waals surface area (Å²) >= 11 is 0. The highest BCUT2D eigenvalue weighted by Gasteiger charge is 2.23. The molecule has 2 aromatic rings. The van der Waals surface area contributed by atoms with E-state index >= 15 is 0 Å². The molecular formula is C16H19NO. The Morgan fingerprint density at radius 1 is 1.17 bits per heavy atom. The van der Waals surface area contributed by atoms with Gasteiger partial charge >= 0.3 is 0 Å². The molecule has 0 aliphatic rings. The van der Waals surface area contributed by atoms with Crippen LogP contribution in [0.2, 0.25) is 0 Å². The lowest BCUT2D eigenvalue weighted by Gasteiger charge is -2.24. The number of aromatic nitrogens is 1. The standard InChI is InChI=1S/C16H19NO/c1-12-6-7-14(9-13(12)2)10-16(3,18)15-5-4-8-17-11-15/h4-9,11,18H,10H2,1-3H3. The normalized spacial score (nSPS) is 14.2. The molecule has 0 aliphatic heterocycles. The van der Waals surface area contributed by atoms with Gasteiger partial charge in [-0.25, -0.2) is 0 Å². The van der Waals surface area contributed by atoms with Gasteiger partial charge < -0.3 is 5.11 Å². The first kappa shape index (κ1) is 12.8. The second-order valence-corrected chi connectivity index (χ2v) is 5.11. The monoisotopic (exact) mass is 241 g/mol. The molecule has 1 N–H and O–H groups in total. The summed E-state index contributed by atoms with van der Waals surface area (Å²) in [7, 11) is 0. The first-order valence-corrected chi connectivity index (χ1v) is 6.18. The third-order valence-electron chi connectivity index (χ3n) is 3.40. The van der Waals surface area contributed by atoms with Gasteiger partial charge in [-0.3, -0.25) is 4.98 Å². The van der Waals surface area contributed by atoms with E-state index in [1.54, 1.807) is 12.4 Å². The Morgan fingerprint density at radius 3 is 2.56 bits per heavy atom. The number of aryl methyl sites for hydroxylation is 2. The third kappa shape index (κ3) is 2.77. The van der Waals surface area contributed by atoms with Crippen molar-refractivity contribution in [3.63, 3.8) is 0 Å². The second kappa shape index (κ2) is 4.91. The zero-order valence-corrected chi connectivity index (χ0v) is 11.1. The first-order chi connectivity index (χ1) is 8.49. The van der Waals surface area contributed by atoms with Crippen LogP contribution in [0.3, 0.4) is 0 Å². The molecule has 0 saturated heterocycles. The van der Waals surface area contributed by atoms with Crippen LogP contribution in [0.5, 0.6) is 0 Å². The summed E-state index contributed by atoms with van der Waals surface area (Å²) in [5.74, 6) is 0. The van der Waals surface area contributed by atoms with Crippen molar-refractivity contribution in [2.75, 3.05) is 0 Å². The molecule has 2 nitrogen and oxygen atoms in total. The van der Waals surface area contributed by atoms with Crippen LogP contribution in [0.4, 0.5) is 0 Å². The minimum absolute atomic E-state index is 0.597. The van der Waals surface area contributed by atoms with Gasteiger partial charge in [0.2, 0.25) is 0 Å². The van der Waals surface area contributed by atoms with Gasteiger partial charge in [0.05, 0.1) is 5.60 Å². The largest absolute Gasteiger partial charge is 0.385 e. The summed E-state index contributed by atoms with van der Waals surface area (Å²) in [6, 6.07) is 10.1. The summed E-state index contributed by atoms with van der Waals surface area (Å²) in [5, 5.41) is 10.6. The van der Waals surface area contributed by atoms with Crippen molar-refractivity contribution in [3.8, 4) is 0 Å². The SMILES string of the molecule is Cc1ccc(CC(C)(O)c2cccnc2)cc1C. The quantitative estimate of drug-likeness (QED) is 0.895. The fourth-order valence-corrected chi connectivity index (χ4v) is 2.09. The van der Waals surface area contributed by atoms with E-state index < -0.39 is 5.60 Å². The van der Waals surface area contributed by atoms with Gasteiger partial charge in [-0.2, -0.15) is 0 Å². The molecule has 1 aromatic heterocycles. The van der Waals surface area contributed by atoms with E-state index in [0.29, 0.717) is 6.42 Å². The molecule has 1 heterocycles.